The molecule has 0 spiro atoms. The summed E-state index contributed by atoms with van der Waals surface area (Å²) in [5, 5.41) is 11.2. The first-order valence-electron chi connectivity index (χ1n) is 11.3. The average molecular weight is 516 g/mol. The summed E-state index contributed by atoms with van der Waals surface area (Å²) in [4.78, 5) is 50.1. The van der Waals surface area contributed by atoms with E-state index in [1.54, 1.807) is 36.4 Å². The van der Waals surface area contributed by atoms with Gasteiger partial charge in [-0.05, 0) is 53.6 Å². The quantitative estimate of drug-likeness (QED) is 0.357. The molecule has 0 unspecified atom stereocenters. The molecule has 0 bridgehead atoms. The number of amides is 4. The third-order valence-corrected chi connectivity index (χ3v) is 5.81. The van der Waals surface area contributed by atoms with Crippen molar-refractivity contribution in [2.24, 2.45) is 0 Å². The van der Waals surface area contributed by atoms with Crippen molar-refractivity contribution < 1.29 is 43.2 Å². The number of carbonyl (C=O) groups is 4. The monoisotopic (exact) mass is 516 g/mol. The van der Waals surface area contributed by atoms with Gasteiger partial charge in [-0.2, -0.15) is 0 Å². The largest absolute Gasteiger partial charge is 0.493 e. The molecule has 1 saturated heterocycles. The summed E-state index contributed by atoms with van der Waals surface area (Å²) in [5.74, 6) is -1.05. The molecule has 2 N–H and O–H groups in total. The predicted molar refractivity (Wildman–Crippen MR) is 132 cm³/mol. The Morgan fingerprint density at radius 3 is 2.50 bits per heavy atom. The maximum absolute atomic E-state index is 13.2. The van der Waals surface area contributed by atoms with Gasteiger partial charge in [0.05, 0.1) is 18.4 Å². The SMILES string of the molecule is COc1cc(/C=C2/C(=O)NC(=O)N(c3ccc4c(c3)OCO4)C2=O)ccc1OCc1ccc(C(=O)O)cc1. The number of fused-ring (bicyclic) bond motifs is 1. The number of barbiturate groups is 1. The molecule has 5 rings (SSSR count). The Morgan fingerprint density at radius 1 is 1.00 bits per heavy atom. The average Bonchev–Trinajstić information content (AvgIpc) is 3.38. The van der Waals surface area contributed by atoms with E-state index in [2.05, 4.69) is 5.32 Å². The first kappa shape index (κ1) is 24.4. The lowest BCUT2D eigenvalue weighted by atomic mass is 10.1. The van der Waals surface area contributed by atoms with Gasteiger partial charge in [-0.15, -0.1) is 0 Å². The van der Waals surface area contributed by atoms with Gasteiger partial charge in [0, 0.05) is 6.07 Å². The van der Waals surface area contributed by atoms with Crippen molar-refractivity contribution in [1.29, 1.82) is 0 Å². The molecule has 0 atom stereocenters. The van der Waals surface area contributed by atoms with Crippen molar-refractivity contribution in [3.05, 3.63) is 82.9 Å². The lowest BCUT2D eigenvalue weighted by molar-refractivity contribution is -0.122. The van der Waals surface area contributed by atoms with Crippen LogP contribution in [0.3, 0.4) is 0 Å². The highest BCUT2D eigenvalue weighted by molar-refractivity contribution is 6.39. The molecule has 11 nitrogen and oxygen atoms in total. The van der Waals surface area contributed by atoms with Crippen molar-refractivity contribution in [2.75, 3.05) is 18.8 Å². The second-order valence-corrected chi connectivity index (χ2v) is 8.20. The second kappa shape index (κ2) is 9.97. The van der Waals surface area contributed by atoms with Gasteiger partial charge in [0.2, 0.25) is 6.79 Å². The van der Waals surface area contributed by atoms with E-state index in [1.165, 1.54) is 37.5 Å². The number of aromatic carboxylic acids is 1. The molecule has 0 aromatic heterocycles. The van der Waals surface area contributed by atoms with Crippen molar-refractivity contribution >= 4 is 35.6 Å². The topological polar surface area (TPSA) is 141 Å². The Balaban J connectivity index is 1.36. The van der Waals surface area contributed by atoms with Crippen LogP contribution < -0.4 is 29.2 Å². The van der Waals surface area contributed by atoms with Gasteiger partial charge < -0.3 is 24.1 Å². The molecule has 0 aliphatic carbocycles. The van der Waals surface area contributed by atoms with Gasteiger partial charge in [-0.25, -0.2) is 14.5 Å². The molecule has 38 heavy (non-hydrogen) atoms. The molecule has 3 aromatic carbocycles. The standard InChI is InChI=1S/C27H20N2O9/c1-35-22-11-16(4-8-20(22)36-13-15-2-5-17(6-3-15)26(32)33)10-19-24(30)28-27(34)29(25(19)31)18-7-9-21-23(12-18)38-14-37-21/h2-12H,13-14H2,1H3,(H,32,33)(H,28,30,34)/b19-10-. The van der Waals surface area contributed by atoms with E-state index in [0.29, 0.717) is 28.6 Å². The summed E-state index contributed by atoms with van der Waals surface area (Å²) >= 11 is 0. The number of nitrogens with one attached hydrogen (secondary N) is 1. The third-order valence-electron chi connectivity index (χ3n) is 5.81. The first-order chi connectivity index (χ1) is 18.3. The van der Waals surface area contributed by atoms with Crippen molar-refractivity contribution in [2.45, 2.75) is 6.61 Å². The minimum absolute atomic E-state index is 0.0289. The molecule has 4 amide bonds. The Kier molecular flexibility index (Phi) is 6.40. The molecule has 2 aliphatic heterocycles. The van der Waals surface area contributed by atoms with Crippen LogP contribution in [0.15, 0.2) is 66.2 Å². The second-order valence-electron chi connectivity index (χ2n) is 8.20. The molecule has 0 saturated carbocycles. The van der Waals surface area contributed by atoms with E-state index in [0.717, 1.165) is 10.5 Å². The van der Waals surface area contributed by atoms with Crippen molar-refractivity contribution in [1.82, 2.24) is 5.32 Å². The lowest BCUT2D eigenvalue weighted by Crippen LogP contribution is -2.54. The number of ether oxygens (including phenoxy) is 4. The summed E-state index contributed by atoms with van der Waals surface area (Å²) in [6.07, 6.45) is 1.35. The summed E-state index contributed by atoms with van der Waals surface area (Å²) in [7, 11) is 1.44. The van der Waals surface area contributed by atoms with E-state index >= 15 is 0 Å². The highest BCUT2D eigenvalue weighted by Crippen LogP contribution is 2.36. The van der Waals surface area contributed by atoms with Gasteiger partial charge in [0.25, 0.3) is 11.8 Å². The van der Waals surface area contributed by atoms with Gasteiger partial charge in [0.15, 0.2) is 23.0 Å². The number of methoxy groups -OCH3 is 1. The van der Waals surface area contributed by atoms with Crippen LogP contribution in [0, 0.1) is 0 Å². The molecular formula is C27H20N2O9. The number of hydrogen-bond acceptors (Lipinski definition) is 8. The first-order valence-corrected chi connectivity index (χ1v) is 11.3. The number of nitrogens with zero attached hydrogens (tertiary/aromatic N) is 1. The molecule has 0 radical (unpaired) electrons. The maximum Gasteiger partial charge on any atom is 0.335 e. The molecule has 11 heteroatoms. The van der Waals surface area contributed by atoms with E-state index < -0.39 is 23.8 Å². The van der Waals surface area contributed by atoms with Gasteiger partial charge in [0.1, 0.15) is 12.2 Å². The van der Waals surface area contributed by atoms with Crippen LogP contribution in [-0.4, -0.2) is 42.8 Å². The minimum Gasteiger partial charge on any atom is -0.493 e. The van der Waals surface area contributed by atoms with E-state index in [-0.39, 0.29) is 30.2 Å². The fourth-order valence-corrected chi connectivity index (χ4v) is 3.88. The van der Waals surface area contributed by atoms with Gasteiger partial charge in [-0.3, -0.25) is 14.9 Å². The number of benzene rings is 3. The summed E-state index contributed by atoms with van der Waals surface area (Å²) in [6, 6.07) is 14.8. The number of imide groups is 2. The summed E-state index contributed by atoms with van der Waals surface area (Å²) in [5.41, 5.74) is 1.34. The molecule has 192 valence electrons. The number of rotatable bonds is 7. The zero-order valence-corrected chi connectivity index (χ0v) is 19.9. The smallest absolute Gasteiger partial charge is 0.335 e. The number of carboxylic acid groups (broad SMARTS) is 1. The number of anilines is 1. The highest BCUT2D eigenvalue weighted by atomic mass is 16.7. The van der Waals surface area contributed by atoms with E-state index in [9.17, 15) is 19.2 Å². The zero-order valence-electron chi connectivity index (χ0n) is 19.9. The Morgan fingerprint density at radius 2 is 1.76 bits per heavy atom. The van der Waals surface area contributed by atoms with E-state index in [1.807, 2.05) is 0 Å². The van der Waals surface area contributed by atoms with Crippen LogP contribution in [0.25, 0.3) is 6.08 Å². The van der Waals surface area contributed by atoms with E-state index in [4.69, 9.17) is 24.1 Å². The molecule has 2 heterocycles. The highest BCUT2D eigenvalue weighted by Gasteiger charge is 2.37. The van der Waals surface area contributed by atoms with Gasteiger partial charge in [-0.1, -0.05) is 18.2 Å². The molecular weight excluding hydrogens is 496 g/mol. The fourth-order valence-electron chi connectivity index (χ4n) is 3.88. The third kappa shape index (κ3) is 4.72. The number of urea groups is 1. The van der Waals surface area contributed by atoms with Crippen LogP contribution >= 0.6 is 0 Å². The predicted octanol–water partition coefficient (Wildman–Crippen LogP) is 3.37. The van der Waals surface area contributed by atoms with Crippen LogP contribution in [-0.2, 0) is 16.2 Å². The van der Waals surface area contributed by atoms with Gasteiger partial charge >= 0.3 is 12.0 Å². The summed E-state index contributed by atoms with van der Waals surface area (Å²) < 4.78 is 21.8. The number of carboxylic acids is 1. The molecule has 1 fully saturated rings. The Labute approximate surface area is 215 Å². The molecule has 2 aliphatic rings. The minimum atomic E-state index is -1.02. The van der Waals surface area contributed by atoms with Crippen LogP contribution in [0.2, 0.25) is 0 Å². The fraction of sp³-hybridized carbons (Fsp3) is 0.111. The Bertz CT molecular complexity index is 1490. The van der Waals surface area contributed by atoms with Crippen LogP contribution in [0.1, 0.15) is 21.5 Å². The summed E-state index contributed by atoms with van der Waals surface area (Å²) in [6.45, 7) is 0.186. The number of carbonyl (C=O) groups excluding carboxylic acids is 3. The lowest BCUT2D eigenvalue weighted by Gasteiger charge is -2.26. The van der Waals surface area contributed by atoms with Crippen molar-refractivity contribution in [3.63, 3.8) is 0 Å². The normalized spacial score (nSPS) is 15.4. The van der Waals surface area contributed by atoms with Crippen molar-refractivity contribution in [3.8, 4) is 23.0 Å². The zero-order chi connectivity index (χ0) is 26.8. The molecule has 3 aromatic rings. The Hall–Kier alpha value is -5.32. The number of hydrogen-bond donors (Lipinski definition) is 2. The maximum atomic E-state index is 13.2. The van der Waals surface area contributed by atoms with Crippen LogP contribution in [0.4, 0.5) is 10.5 Å². The van der Waals surface area contributed by atoms with Crippen LogP contribution in [0.5, 0.6) is 23.0 Å².